The maximum atomic E-state index is 4.57. The summed E-state index contributed by atoms with van der Waals surface area (Å²) in [5, 5.41) is 3.53. The summed E-state index contributed by atoms with van der Waals surface area (Å²) < 4.78 is 0. The number of hydrogen-bond acceptors (Lipinski definition) is 3. The number of hydrazine groups is 1. The Kier molecular flexibility index (Phi) is 3.15. The van der Waals surface area contributed by atoms with Crippen LogP contribution in [0.2, 0.25) is 0 Å². The van der Waals surface area contributed by atoms with E-state index in [1.807, 2.05) is 13.0 Å². The van der Waals surface area contributed by atoms with Crippen LogP contribution >= 0.6 is 0 Å². The standard InChI is InChI=1S/C15H19N3/c1-12-11-15(17-18-9-5-2-6-10-18)13-7-3-4-8-14(13)16-12/h3-4,7-8,11H,2,5-6,9-10H2,1H3,(H,16,17). The average molecular weight is 241 g/mol. The second-order valence-electron chi connectivity index (χ2n) is 4.99. The SMILES string of the molecule is Cc1cc(NN2CCCCC2)c2ccccc2n1. The first-order valence-corrected chi connectivity index (χ1v) is 6.71. The largest absolute Gasteiger partial charge is 0.318 e. The van der Waals surface area contributed by atoms with Crippen LogP contribution in [0.3, 0.4) is 0 Å². The second-order valence-corrected chi connectivity index (χ2v) is 4.99. The predicted molar refractivity (Wildman–Crippen MR) is 75.5 cm³/mol. The molecule has 0 radical (unpaired) electrons. The average Bonchev–Trinajstić information content (AvgIpc) is 2.40. The molecule has 3 nitrogen and oxygen atoms in total. The molecule has 2 aromatic rings. The molecular formula is C15H19N3. The lowest BCUT2D eigenvalue weighted by Crippen LogP contribution is -2.34. The molecule has 94 valence electrons. The summed E-state index contributed by atoms with van der Waals surface area (Å²) in [4.78, 5) is 4.57. The van der Waals surface area contributed by atoms with Crippen LogP contribution < -0.4 is 5.43 Å². The first kappa shape index (κ1) is 11.5. The zero-order valence-electron chi connectivity index (χ0n) is 10.8. The minimum atomic E-state index is 1.06. The molecule has 0 bridgehead atoms. The lowest BCUT2D eigenvalue weighted by Gasteiger charge is -2.28. The highest BCUT2D eigenvalue weighted by Crippen LogP contribution is 2.24. The summed E-state index contributed by atoms with van der Waals surface area (Å²) in [5.41, 5.74) is 6.87. The summed E-state index contributed by atoms with van der Waals surface area (Å²) in [6.07, 6.45) is 3.93. The Morgan fingerprint density at radius 2 is 1.89 bits per heavy atom. The van der Waals surface area contributed by atoms with Gasteiger partial charge in [-0.2, -0.15) is 0 Å². The quantitative estimate of drug-likeness (QED) is 0.874. The van der Waals surface area contributed by atoms with Gasteiger partial charge in [0.1, 0.15) is 0 Å². The topological polar surface area (TPSA) is 28.2 Å². The molecule has 1 saturated heterocycles. The van der Waals surface area contributed by atoms with E-state index in [2.05, 4.69) is 39.7 Å². The van der Waals surface area contributed by atoms with Crippen LogP contribution in [0.5, 0.6) is 0 Å². The van der Waals surface area contributed by atoms with Crippen molar-refractivity contribution in [1.82, 2.24) is 9.99 Å². The summed E-state index contributed by atoms with van der Waals surface area (Å²) in [6.45, 7) is 4.32. The van der Waals surface area contributed by atoms with E-state index in [0.29, 0.717) is 0 Å². The van der Waals surface area contributed by atoms with Crippen molar-refractivity contribution in [3.63, 3.8) is 0 Å². The van der Waals surface area contributed by atoms with Crippen molar-refractivity contribution < 1.29 is 0 Å². The monoisotopic (exact) mass is 241 g/mol. The summed E-state index contributed by atoms with van der Waals surface area (Å²) in [6, 6.07) is 10.5. The lowest BCUT2D eigenvalue weighted by molar-refractivity contribution is 0.273. The fraction of sp³-hybridized carbons (Fsp3) is 0.400. The van der Waals surface area contributed by atoms with Gasteiger partial charge in [-0.3, -0.25) is 4.98 Å². The van der Waals surface area contributed by atoms with Crippen molar-refractivity contribution in [2.75, 3.05) is 18.5 Å². The Hall–Kier alpha value is -1.61. The first-order chi connectivity index (χ1) is 8.83. The third-order valence-electron chi connectivity index (χ3n) is 3.48. The van der Waals surface area contributed by atoms with Crippen LogP contribution in [0.1, 0.15) is 25.0 Å². The molecule has 1 aromatic heterocycles. The molecule has 1 aromatic carbocycles. The summed E-state index contributed by atoms with van der Waals surface area (Å²) >= 11 is 0. The van der Waals surface area contributed by atoms with Gasteiger partial charge in [-0.05, 0) is 31.9 Å². The molecule has 1 fully saturated rings. The predicted octanol–water partition coefficient (Wildman–Crippen LogP) is 3.36. The Morgan fingerprint density at radius 3 is 2.72 bits per heavy atom. The smallest absolute Gasteiger partial charge is 0.0726 e. The van der Waals surface area contributed by atoms with Crippen LogP contribution in [0.25, 0.3) is 10.9 Å². The van der Waals surface area contributed by atoms with Crippen LogP contribution in [-0.2, 0) is 0 Å². The van der Waals surface area contributed by atoms with Crippen LogP contribution in [0.4, 0.5) is 5.69 Å². The fourth-order valence-electron chi connectivity index (χ4n) is 2.58. The van der Waals surface area contributed by atoms with Gasteiger partial charge in [0.25, 0.3) is 0 Å². The van der Waals surface area contributed by atoms with Gasteiger partial charge >= 0.3 is 0 Å². The van der Waals surface area contributed by atoms with E-state index in [-0.39, 0.29) is 0 Å². The van der Waals surface area contributed by atoms with Crippen LogP contribution in [-0.4, -0.2) is 23.1 Å². The number of aryl methyl sites for hydroxylation is 1. The molecule has 1 N–H and O–H groups in total. The number of anilines is 1. The fourth-order valence-corrected chi connectivity index (χ4v) is 2.58. The number of para-hydroxylation sites is 1. The van der Waals surface area contributed by atoms with Gasteiger partial charge in [0, 0.05) is 24.2 Å². The van der Waals surface area contributed by atoms with Crippen LogP contribution in [0.15, 0.2) is 30.3 Å². The number of nitrogens with one attached hydrogen (secondary N) is 1. The van der Waals surface area contributed by atoms with Gasteiger partial charge in [-0.25, -0.2) is 5.01 Å². The molecule has 3 rings (SSSR count). The van der Waals surface area contributed by atoms with Gasteiger partial charge in [0.2, 0.25) is 0 Å². The Morgan fingerprint density at radius 1 is 1.11 bits per heavy atom. The van der Waals surface area contributed by atoms with Gasteiger partial charge < -0.3 is 5.43 Å². The highest BCUT2D eigenvalue weighted by atomic mass is 15.5. The number of aromatic nitrogens is 1. The molecule has 0 atom stereocenters. The van der Waals surface area contributed by atoms with Crippen molar-refractivity contribution in [3.8, 4) is 0 Å². The zero-order valence-corrected chi connectivity index (χ0v) is 10.8. The third kappa shape index (κ3) is 2.31. The summed E-state index contributed by atoms with van der Waals surface area (Å²) in [7, 11) is 0. The number of benzene rings is 1. The number of fused-ring (bicyclic) bond motifs is 1. The van der Waals surface area contributed by atoms with Crippen molar-refractivity contribution in [3.05, 3.63) is 36.0 Å². The number of nitrogens with zero attached hydrogens (tertiary/aromatic N) is 2. The highest BCUT2D eigenvalue weighted by Gasteiger charge is 2.11. The maximum absolute atomic E-state index is 4.57. The molecule has 3 heteroatoms. The van der Waals surface area contributed by atoms with E-state index in [4.69, 9.17) is 0 Å². The molecule has 0 saturated carbocycles. The van der Waals surface area contributed by atoms with E-state index >= 15 is 0 Å². The number of hydrogen-bond donors (Lipinski definition) is 1. The van der Waals surface area contributed by atoms with Gasteiger partial charge in [0.15, 0.2) is 0 Å². The molecular weight excluding hydrogens is 222 g/mol. The number of rotatable bonds is 2. The van der Waals surface area contributed by atoms with E-state index in [0.717, 1.165) is 24.3 Å². The van der Waals surface area contributed by atoms with Gasteiger partial charge in [-0.1, -0.05) is 24.6 Å². The van der Waals surface area contributed by atoms with Gasteiger partial charge in [0.05, 0.1) is 11.2 Å². The Labute approximate surface area is 108 Å². The van der Waals surface area contributed by atoms with Crippen molar-refractivity contribution in [2.24, 2.45) is 0 Å². The zero-order chi connectivity index (χ0) is 12.4. The minimum Gasteiger partial charge on any atom is -0.318 e. The normalized spacial score (nSPS) is 16.9. The Balaban J connectivity index is 1.94. The van der Waals surface area contributed by atoms with E-state index < -0.39 is 0 Å². The van der Waals surface area contributed by atoms with Crippen LogP contribution in [0, 0.1) is 6.92 Å². The Bertz CT molecular complexity index is 544. The minimum absolute atomic E-state index is 1.06. The lowest BCUT2D eigenvalue weighted by atomic mass is 10.1. The van der Waals surface area contributed by atoms with E-state index in [1.54, 1.807) is 0 Å². The van der Waals surface area contributed by atoms with Gasteiger partial charge in [-0.15, -0.1) is 0 Å². The van der Waals surface area contributed by atoms with Crippen molar-refractivity contribution in [1.29, 1.82) is 0 Å². The molecule has 0 unspecified atom stereocenters. The second kappa shape index (κ2) is 4.94. The molecule has 0 spiro atoms. The third-order valence-corrected chi connectivity index (χ3v) is 3.48. The molecule has 1 aliphatic rings. The maximum Gasteiger partial charge on any atom is 0.0726 e. The van der Waals surface area contributed by atoms with E-state index in [1.165, 1.54) is 30.3 Å². The molecule has 18 heavy (non-hydrogen) atoms. The number of piperidine rings is 1. The molecule has 1 aliphatic heterocycles. The van der Waals surface area contributed by atoms with Crippen molar-refractivity contribution in [2.45, 2.75) is 26.2 Å². The van der Waals surface area contributed by atoms with Crippen molar-refractivity contribution >= 4 is 16.6 Å². The highest BCUT2D eigenvalue weighted by molar-refractivity contribution is 5.91. The summed E-state index contributed by atoms with van der Waals surface area (Å²) in [5.74, 6) is 0. The number of pyridine rings is 1. The molecule has 0 amide bonds. The molecule has 2 heterocycles. The molecule has 0 aliphatic carbocycles. The van der Waals surface area contributed by atoms with E-state index in [9.17, 15) is 0 Å². The first-order valence-electron chi connectivity index (χ1n) is 6.71.